The van der Waals surface area contributed by atoms with Gasteiger partial charge in [0.05, 0.1) is 18.4 Å². The second-order valence-corrected chi connectivity index (χ2v) is 6.51. The minimum atomic E-state index is -1.02. The Morgan fingerprint density at radius 2 is 1.33 bits per heavy atom. The molecular weight excluding hydrogens is 382 g/mol. The van der Waals surface area contributed by atoms with Crippen molar-refractivity contribution in [3.63, 3.8) is 0 Å². The molecule has 1 atom stereocenters. The quantitative estimate of drug-likeness (QED) is 0.474. The second-order valence-electron chi connectivity index (χ2n) is 6.51. The van der Waals surface area contributed by atoms with Crippen LogP contribution in [0.15, 0.2) is 78.9 Å². The average molecular weight is 403 g/mol. The maximum Gasteiger partial charge on any atom is 0.338 e. The molecule has 0 aliphatic rings. The Bertz CT molecular complexity index is 1040. The first-order valence-corrected chi connectivity index (χ1v) is 9.34. The summed E-state index contributed by atoms with van der Waals surface area (Å²) in [5.41, 5.74) is 1.75. The van der Waals surface area contributed by atoms with Gasteiger partial charge in [0.2, 0.25) is 0 Å². The van der Waals surface area contributed by atoms with Gasteiger partial charge >= 0.3 is 5.97 Å². The summed E-state index contributed by atoms with van der Waals surface area (Å²) >= 11 is 0. The molecule has 152 valence electrons. The predicted octanol–water partition coefficient (Wildman–Crippen LogP) is 4.11. The first-order chi connectivity index (χ1) is 14.5. The van der Waals surface area contributed by atoms with Crippen molar-refractivity contribution in [1.29, 1.82) is 0 Å². The van der Waals surface area contributed by atoms with Crippen LogP contribution in [0.5, 0.6) is 5.75 Å². The molecule has 0 saturated carbocycles. The van der Waals surface area contributed by atoms with Crippen LogP contribution in [0.4, 0.5) is 5.69 Å². The molecule has 3 aromatic carbocycles. The molecule has 0 aromatic heterocycles. The van der Waals surface area contributed by atoms with E-state index in [-0.39, 0.29) is 11.3 Å². The summed E-state index contributed by atoms with van der Waals surface area (Å²) in [5.74, 6) is -0.775. The van der Waals surface area contributed by atoms with Crippen LogP contribution in [-0.4, -0.2) is 30.9 Å². The molecule has 0 bridgehead atoms. The molecule has 0 spiro atoms. The number of amides is 1. The zero-order valence-electron chi connectivity index (χ0n) is 16.6. The number of ketones is 1. The molecule has 3 aromatic rings. The summed E-state index contributed by atoms with van der Waals surface area (Å²) in [7, 11) is 1.50. The van der Waals surface area contributed by atoms with E-state index in [4.69, 9.17) is 9.47 Å². The average Bonchev–Trinajstić information content (AvgIpc) is 2.79. The Kier molecular flexibility index (Phi) is 6.60. The van der Waals surface area contributed by atoms with Crippen molar-refractivity contribution < 1.29 is 23.9 Å². The lowest BCUT2D eigenvalue weighted by atomic mass is 10.0. The van der Waals surface area contributed by atoms with E-state index in [1.165, 1.54) is 26.2 Å². The van der Waals surface area contributed by atoms with Crippen molar-refractivity contribution in [1.82, 2.24) is 0 Å². The van der Waals surface area contributed by atoms with E-state index in [0.717, 1.165) is 0 Å². The van der Waals surface area contributed by atoms with Crippen molar-refractivity contribution in [2.75, 3.05) is 12.4 Å². The van der Waals surface area contributed by atoms with Crippen molar-refractivity contribution >= 4 is 23.3 Å². The Morgan fingerprint density at radius 1 is 0.767 bits per heavy atom. The number of anilines is 1. The molecule has 1 N–H and O–H groups in total. The van der Waals surface area contributed by atoms with Crippen LogP contribution in [0.3, 0.4) is 0 Å². The van der Waals surface area contributed by atoms with Gasteiger partial charge in [-0.25, -0.2) is 4.79 Å². The fourth-order valence-corrected chi connectivity index (χ4v) is 2.78. The van der Waals surface area contributed by atoms with Crippen LogP contribution in [-0.2, 0) is 9.53 Å². The molecule has 0 fully saturated rings. The highest BCUT2D eigenvalue weighted by Crippen LogP contribution is 2.23. The van der Waals surface area contributed by atoms with Gasteiger partial charge < -0.3 is 14.8 Å². The Hall–Kier alpha value is -3.93. The van der Waals surface area contributed by atoms with Crippen LogP contribution in [0.2, 0.25) is 0 Å². The van der Waals surface area contributed by atoms with Crippen LogP contribution < -0.4 is 10.1 Å². The van der Waals surface area contributed by atoms with Crippen molar-refractivity contribution in [2.24, 2.45) is 0 Å². The normalized spacial score (nSPS) is 11.3. The standard InChI is InChI=1S/C24H21NO5/c1-16(23(27)25-20-10-6-7-11-21(20)29-2)30-24(28)19-14-12-18(13-15-19)22(26)17-8-4-3-5-9-17/h3-16H,1-2H3,(H,25,27)/t16-/m1/s1. The monoisotopic (exact) mass is 403 g/mol. The Morgan fingerprint density at radius 3 is 2.00 bits per heavy atom. The lowest BCUT2D eigenvalue weighted by Gasteiger charge is -2.15. The largest absolute Gasteiger partial charge is 0.495 e. The molecule has 6 nitrogen and oxygen atoms in total. The smallest absolute Gasteiger partial charge is 0.338 e. The van der Waals surface area contributed by atoms with Gasteiger partial charge in [-0.3, -0.25) is 9.59 Å². The minimum absolute atomic E-state index is 0.139. The fourth-order valence-electron chi connectivity index (χ4n) is 2.78. The summed E-state index contributed by atoms with van der Waals surface area (Å²) in [5, 5.41) is 2.67. The summed E-state index contributed by atoms with van der Waals surface area (Å²) < 4.78 is 10.4. The minimum Gasteiger partial charge on any atom is -0.495 e. The van der Waals surface area contributed by atoms with Gasteiger partial charge in [-0.05, 0) is 31.2 Å². The number of nitrogens with one attached hydrogen (secondary N) is 1. The molecule has 0 saturated heterocycles. The number of benzene rings is 3. The maximum absolute atomic E-state index is 12.4. The summed E-state index contributed by atoms with van der Waals surface area (Å²) in [6, 6.07) is 21.9. The lowest BCUT2D eigenvalue weighted by Crippen LogP contribution is -2.30. The van der Waals surface area contributed by atoms with Gasteiger partial charge in [0.1, 0.15) is 5.75 Å². The number of carbonyl (C=O) groups excluding carboxylic acids is 3. The van der Waals surface area contributed by atoms with E-state index >= 15 is 0 Å². The number of ether oxygens (including phenoxy) is 2. The van der Waals surface area contributed by atoms with Crippen molar-refractivity contribution in [2.45, 2.75) is 13.0 Å². The molecule has 3 rings (SSSR count). The van der Waals surface area contributed by atoms with Crippen LogP contribution in [0.1, 0.15) is 33.2 Å². The van der Waals surface area contributed by atoms with Gasteiger partial charge in [0.15, 0.2) is 11.9 Å². The number of para-hydroxylation sites is 2. The van der Waals surface area contributed by atoms with Gasteiger partial charge in [-0.2, -0.15) is 0 Å². The van der Waals surface area contributed by atoms with Crippen molar-refractivity contribution in [3.05, 3.63) is 95.6 Å². The van der Waals surface area contributed by atoms with Gasteiger partial charge in [-0.15, -0.1) is 0 Å². The van der Waals surface area contributed by atoms with E-state index in [1.54, 1.807) is 60.7 Å². The number of hydrogen-bond acceptors (Lipinski definition) is 5. The van der Waals surface area contributed by atoms with E-state index < -0.39 is 18.0 Å². The summed E-state index contributed by atoms with van der Waals surface area (Å²) in [6.45, 7) is 1.48. The topological polar surface area (TPSA) is 81.7 Å². The van der Waals surface area contributed by atoms with Crippen LogP contribution >= 0.6 is 0 Å². The number of hydrogen-bond donors (Lipinski definition) is 1. The first kappa shape index (κ1) is 20.8. The van der Waals surface area contributed by atoms with Gasteiger partial charge in [0, 0.05) is 11.1 Å². The fraction of sp³-hybridized carbons (Fsp3) is 0.125. The zero-order valence-corrected chi connectivity index (χ0v) is 16.6. The van der Waals surface area contributed by atoms with Crippen LogP contribution in [0.25, 0.3) is 0 Å². The highest BCUT2D eigenvalue weighted by molar-refractivity contribution is 6.09. The first-order valence-electron chi connectivity index (χ1n) is 9.34. The Balaban J connectivity index is 1.62. The van der Waals surface area contributed by atoms with E-state index in [2.05, 4.69) is 5.32 Å². The third-order valence-corrected chi connectivity index (χ3v) is 4.44. The number of esters is 1. The summed E-state index contributed by atoms with van der Waals surface area (Å²) in [6.07, 6.45) is -1.02. The third-order valence-electron chi connectivity index (χ3n) is 4.44. The van der Waals surface area contributed by atoms with E-state index in [9.17, 15) is 14.4 Å². The second kappa shape index (κ2) is 9.52. The molecule has 30 heavy (non-hydrogen) atoms. The molecule has 0 radical (unpaired) electrons. The lowest BCUT2D eigenvalue weighted by molar-refractivity contribution is -0.123. The highest BCUT2D eigenvalue weighted by atomic mass is 16.5. The van der Waals surface area contributed by atoms with E-state index in [0.29, 0.717) is 22.6 Å². The number of rotatable bonds is 7. The Labute approximate surface area is 174 Å². The number of carbonyl (C=O) groups is 3. The van der Waals surface area contributed by atoms with Gasteiger partial charge in [-0.1, -0.05) is 54.6 Å². The highest BCUT2D eigenvalue weighted by Gasteiger charge is 2.20. The molecule has 1 amide bonds. The molecule has 0 aliphatic carbocycles. The van der Waals surface area contributed by atoms with Gasteiger partial charge in [0.25, 0.3) is 5.91 Å². The number of methoxy groups -OCH3 is 1. The summed E-state index contributed by atoms with van der Waals surface area (Å²) in [4.78, 5) is 37.2. The maximum atomic E-state index is 12.4. The van der Waals surface area contributed by atoms with E-state index in [1.807, 2.05) is 6.07 Å². The molecular formula is C24H21NO5. The molecule has 0 aliphatic heterocycles. The van der Waals surface area contributed by atoms with Crippen molar-refractivity contribution in [3.8, 4) is 5.75 Å². The predicted molar refractivity (Wildman–Crippen MR) is 113 cm³/mol. The molecule has 0 unspecified atom stereocenters. The van der Waals surface area contributed by atoms with Crippen LogP contribution in [0, 0.1) is 0 Å². The molecule has 6 heteroatoms. The zero-order chi connectivity index (χ0) is 21.5. The third kappa shape index (κ3) is 4.91. The SMILES string of the molecule is COc1ccccc1NC(=O)[C@@H](C)OC(=O)c1ccc(C(=O)c2ccccc2)cc1. The molecule has 0 heterocycles.